The van der Waals surface area contributed by atoms with E-state index in [0.29, 0.717) is 18.9 Å². The highest BCUT2D eigenvalue weighted by atomic mass is 16.2. The van der Waals surface area contributed by atoms with Crippen LogP contribution in [0.4, 0.5) is 5.95 Å². The van der Waals surface area contributed by atoms with Crippen LogP contribution in [0, 0.1) is 6.92 Å². The van der Waals surface area contributed by atoms with Gasteiger partial charge in [0, 0.05) is 44.0 Å². The number of carbonyl (C=O) groups excluding carboxylic acids is 1. The highest BCUT2D eigenvalue weighted by molar-refractivity contribution is 5.80. The van der Waals surface area contributed by atoms with Crippen molar-refractivity contribution >= 4 is 11.9 Å². The number of amides is 1. The van der Waals surface area contributed by atoms with Gasteiger partial charge in [-0.1, -0.05) is 0 Å². The van der Waals surface area contributed by atoms with E-state index in [9.17, 15) is 4.79 Å². The number of hydrogen-bond acceptors (Lipinski definition) is 5. The van der Waals surface area contributed by atoms with Gasteiger partial charge in [-0.25, -0.2) is 9.97 Å². The van der Waals surface area contributed by atoms with Crippen molar-refractivity contribution in [1.82, 2.24) is 24.6 Å². The molecule has 0 radical (unpaired) electrons. The first kappa shape index (κ1) is 15.5. The second-order valence-corrected chi connectivity index (χ2v) is 6.25. The maximum Gasteiger partial charge on any atom is 0.225 e. The molecule has 1 aliphatic heterocycles. The molecule has 1 saturated heterocycles. The first-order valence-corrected chi connectivity index (χ1v) is 7.83. The van der Waals surface area contributed by atoms with Crippen molar-refractivity contribution in [3.63, 3.8) is 0 Å². The minimum Gasteiger partial charge on any atom is -0.349 e. The van der Waals surface area contributed by atoms with E-state index >= 15 is 0 Å². The lowest BCUT2D eigenvalue weighted by Crippen LogP contribution is -2.33. The molecule has 0 saturated carbocycles. The number of rotatable bonds is 4. The highest BCUT2D eigenvalue weighted by Crippen LogP contribution is 2.22. The molecule has 2 aromatic heterocycles. The quantitative estimate of drug-likeness (QED) is 0.928. The van der Waals surface area contributed by atoms with Crippen molar-refractivity contribution < 1.29 is 4.79 Å². The molecule has 1 amide bonds. The predicted molar refractivity (Wildman–Crippen MR) is 87.8 cm³/mol. The van der Waals surface area contributed by atoms with Gasteiger partial charge in [-0.15, -0.1) is 0 Å². The van der Waals surface area contributed by atoms with E-state index in [2.05, 4.69) is 20.4 Å². The van der Waals surface area contributed by atoms with E-state index in [1.807, 2.05) is 45.0 Å². The summed E-state index contributed by atoms with van der Waals surface area (Å²) in [6, 6.07) is 2.14. The normalized spacial score (nSPS) is 18.0. The monoisotopic (exact) mass is 314 g/mol. The number of aromatic nitrogens is 4. The van der Waals surface area contributed by atoms with Gasteiger partial charge in [0.2, 0.25) is 11.9 Å². The van der Waals surface area contributed by atoms with E-state index < -0.39 is 0 Å². The van der Waals surface area contributed by atoms with Gasteiger partial charge in [0.25, 0.3) is 0 Å². The summed E-state index contributed by atoms with van der Waals surface area (Å²) in [5.74, 6) is 0.728. The molecule has 7 nitrogen and oxygen atoms in total. The minimum atomic E-state index is 0.0511. The van der Waals surface area contributed by atoms with E-state index in [4.69, 9.17) is 0 Å². The summed E-state index contributed by atoms with van der Waals surface area (Å²) in [5, 5.41) is 7.62. The zero-order chi connectivity index (χ0) is 16.6. The maximum atomic E-state index is 12.0. The van der Waals surface area contributed by atoms with Gasteiger partial charge in [-0.2, -0.15) is 5.10 Å². The predicted octanol–water partition coefficient (Wildman–Crippen LogP) is 1.61. The first-order valence-electron chi connectivity index (χ1n) is 7.83. The fraction of sp³-hybridized carbons (Fsp3) is 0.500. The van der Waals surface area contributed by atoms with Gasteiger partial charge in [0.05, 0.1) is 17.4 Å². The lowest BCUT2D eigenvalue weighted by atomic mass is 10.2. The lowest BCUT2D eigenvalue weighted by Gasteiger charge is -2.21. The Balaban J connectivity index is 1.76. The Kier molecular flexibility index (Phi) is 4.02. The number of hydrogen-bond donors (Lipinski definition) is 1. The Morgan fingerprint density at radius 3 is 2.78 bits per heavy atom. The number of anilines is 1. The van der Waals surface area contributed by atoms with Crippen molar-refractivity contribution in [2.45, 2.75) is 39.3 Å². The molecule has 1 aliphatic rings. The molecule has 2 aromatic rings. The Morgan fingerprint density at radius 2 is 2.17 bits per heavy atom. The van der Waals surface area contributed by atoms with Crippen molar-refractivity contribution in [3.05, 3.63) is 24.2 Å². The average molecular weight is 314 g/mol. The number of likely N-dealkylation sites (tertiary alicyclic amines) is 1. The Hall–Kier alpha value is -2.44. The summed E-state index contributed by atoms with van der Waals surface area (Å²) in [7, 11) is 1.89. The van der Waals surface area contributed by atoms with Crippen LogP contribution in [0.25, 0.3) is 11.3 Å². The molecule has 0 aromatic carbocycles. The Labute approximate surface area is 135 Å². The van der Waals surface area contributed by atoms with E-state index in [1.165, 1.54) is 0 Å². The lowest BCUT2D eigenvalue weighted by molar-refractivity contribution is -0.129. The summed E-state index contributed by atoms with van der Waals surface area (Å²) < 4.78 is 1.77. The number of carbonyl (C=O) groups is 1. The average Bonchev–Trinajstić information content (AvgIpc) is 3.01. The van der Waals surface area contributed by atoms with Gasteiger partial charge in [0.1, 0.15) is 0 Å². The van der Waals surface area contributed by atoms with Crippen molar-refractivity contribution in [3.8, 4) is 11.3 Å². The topological polar surface area (TPSA) is 75.9 Å². The summed E-state index contributed by atoms with van der Waals surface area (Å²) in [5.41, 5.74) is 2.75. The number of aryl methyl sites for hydroxylation is 2. The van der Waals surface area contributed by atoms with Crippen LogP contribution >= 0.6 is 0 Å². The minimum absolute atomic E-state index is 0.0511. The van der Waals surface area contributed by atoms with Crippen molar-refractivity contribution in [2.75, 3.05) is 11.9 Å². The molecule has 7 heteroatoms. The van der Waals surface area contributed by atoms with Crippen LogP contribution in [0.1, 0.15) is 26.0 Å². The number of nitrogens with one attached hydrogen (secondary N) is 1. The third-order valence-electron chi connectivity index (χ3n) is 4.06. The molecular weight excluding hydrogens is 292 g/mol. The van der Waals surface area contributed by atoms with Gasteiger partial charge < -0.3 is 10.2 Å². The van der Waals surface area contributed by atoms with Crippen LogP contribution in [0.15, 0.2) is 18.5 Å². The fourth-order valence-corrected chi connectivity index (χ4v) is 2.94. The van der Waals surface area contributed by atoms with Crippen LogP contribution < -0.4 is 5.32 Å². The summed E-state index contributed by atoms with van der Waals surface area (Å²) >= 11 is 0. The van der Waals surface area contributed by atoms with Crippen LogP contribution in [0.5, 0.6) is 0 Å². The smallest absolute Gasteiger partial charge is 0.225 e. The van der Waals surface area contributed by atoms with Crippen molar-refractivity contribution in [2.24, 2.45) is 7.05 Å². The van der Waals surface area contributed by atoms with Crippen LogP contribution in [-0.2, 0) is 11.8 Å². The molecule has 0 aliphatic carbocycles. The largest absolute Gasteiger partial charge is 0.349 e. The first-order chi connectivity index (χ1) is 10.9. The molecule has 0 unspecified atom stereocenters. The fourth-order valence-electron chi connectivity index (χ4n) is 2.94. The molecule has 1 atom stereocenters. The second-order valence-electron chi connectivity index (χ2n) is 6.25. The molecule has 0 spiro atoms. The third kappa shape index (κ3) is 3.18. The SMILES string of the molecule is Cc1nn(C)cc1-c1ccnc(N[C@@H]2CC(=O)N(C(C)C)C2)n1. The van der Waals surface area contributed by atoms with Crippen molar-refractivity contribution in [1.29, 1.82) is 0 Å². The van der Waals surface area contributed by atoms with Gasteiger partial charge in [-0.05, 0) is 26.8 Å². The second kappa shape index (κ2) is 5.98. The van der Waals surface area contributed by atoms with Crippen LogP contribution in [0.3, 0.4) is 0 Å². The number of nitrogens with zero attached hydrogens (tertiary/aromatic N) is 5. The zero-order valence-corrected chi connectivity index (χ0v) is 13.9. The van der Waals surface area contributed by atoms with Gasteiger partial charge in [-0.3, -0.25) is 9.48 Å². The Bertz CT molecular complexity index is 723. The zero-order valence-electron chi connectivity index (χ0n) is 13.9. The molecule has 3 rings (SSSR count). The van der Waals surface area contributed by atoms with Crippen LogP contribution in [0.2, 0.25) is 0 Å². The molecule has 0 bridgehead atoms. The molecule has 1 N–H and O–H groups in total. The molecule has 122 valence electrons. The summed E-state index contributed by atoms with van der Waals surface area (Å²) in [6.07, 6.45) is 4.16. The maximum absolute atomic E-state index is 12.0. The molecule has 1 fully saturated rings. The van der Waals surface area contributed by atoms with Gasteiger partial charge >= 0.3 is 0 Å². The van der Waals surface area contributed by atoms with E-state index in [1.54, 1.807) is 10.9 Å². The van der Waals surface area contributed by atoms with E-state index in [0.717, 1.165) is 17.0 Å². The summed E-state index contributed by atoms with van der Waals surface area (Å²) in [4.78, 5) is 22.7. The Morgan fingerprint density at radius 1 is 1.39 bits per heavy atom. The molecule has 3 heterocycles. The van der Waals surface area contributed by atoms with E-state index in [-0.39, 0.29) is 18.0 Å². The third-order valence-corrected chi connectivity index (χ3v) is 4.06. The summed E-state index contributed by atoms with van der Waals surface area (Å²) in [6.45, 7) is 6.71. The standard InChI is InChI=1S/C16H22N6O/c1-10(2)22-8-12(7-15(22)23)18-16-17-6-5-14(19-16)13-9-21(4)20-11(13)3/h5-6,9-10,12H,7-8H2,1-4H3,(H,17,18,19)/t12-/m1/s1. The molecule has 23 heavy (non-hydrogen) atoms. The van der Waals surface area contributed by atoms with Gasteiger partial charge in [0.15, 0.2) is 0 Å². The van der Waals surface area contributed by atoms with Crippen LogP contribution in [-0.4, -0.2) is 49.2 Å². The molecular formula is C16H22N6O. The highest BCUT2D eigenvalue weighted by Gasteiger charge is 2.31.